The van der Waals surface area contributed by atoms with Crippen LogP contribution in [0.2, 0.25) is 5.02 Å². The van der Waals surface area contributed by atoms with Crippen LogP contribution in [-0.2, 0) is 24.4 Å². The third-order valence-corrected chi connectivity index (χ3v) is 7.15. The highest BCUT2D eigenvalue weighted by Gasteiger charge is 2.46. The monoisotopic (exact) mass is 590 g/mol. The molecule has 4 heterocycles. The Bertz CT molecular complexity index is 1560. The Morgan fingerprint density at radius 3 is 2.78 bits per heavy atom. The van der Waals surface area contributed by atoms with Crippen LogP contribution < -0.4 is 10.2 Å². The summed E-state index contributed by atoms with van der Waals surface area (Å²) in [5.41, 5.74) is 2.29. The number of aromatic nitrogens is 8. The molecule has 16 heteroatoms. The molecular weight excluding hydrogens is 565 g/mol. The van der Waals surface area contributed by atoms with Crippen molar-refractivity contribution in [3.05, 3.63) is 69.8 Å². The Morgan fingerprint density at radius 2 is 2.12 bits per heavy atom. The molecule has 1 amide bonds. The van der Waals surface area contributed by atoms with Gasteiger partial charge in [-0.2, -0.15) is 5.10 Å². The summed E-state index contributed by atoms with van der Waals surface area (Å²) < 4.78 is 50.9. The van der Waals surface area contributed by atoms with Crippen LogP contribution in [0.4, 0.5) is 19.1 Å². The van der Waals surface area contributed by atoms with E-state index in [4.69, 9.17) is 16.3 Å². The zero-order valence-corrected chi connectivity index (χ0v) is 23.1. The number of hydrogen-bond acceptors (Lipinski definition) is 9. The molecule has 1 atom stereocenters. The number of nitrogens with one attached hydrogen (secondary N) is 1. The van der Waals surface area contributed by atoms with Gasteiger partial charge in [0.2, 0.25) is 5.95 Å². The second kappa shape index (κ2) is 11.4. The van der Waals surface area contributed by atoms with Crippen LogP contribution in [0.15, 0.2) is 30.9 Å². The summed E-state index contributed by atoms with van der Waals surface area (Å²) in [5.74, 6) is -4.57. The summed E-state index contributed by atoms with van der Waals surface area (Å²) >= 11 is 5.98. The first-order valence-corrected chi connectivity index (χ1v) is 12.9. The summed E-state index contributed by atoms with van der Waals surface area (Å²) in [6, 6.07) is 2.92. The lowest BCUT2D eigenvalue weighted by atomic mass is 10.1. The number of carbonyl (C=O) groups is 1. The number of tetrazole rings is 1. The van der Waals surface area contributed by atoms with Gasteiger partial charge in [-0.25, -0.2) is 27.8 Å². The second-order valence-corrected chi connectivity index (χ2v) is 10.1. The number of benzene rings is 1. The van der Waals surface area contributed by atoms with Gasteiger partial charge in [-0.3, -0.25) is 9.48 Å². The lowest BCUT2D eigenvalue weighted by Gasteiger charge is -2.17. The topological polar surface area (TPSA) is 129 Å². The van der Waals surface area contributed by atoms with Crippen LogP contribution in [0.1, 0.15) is 39.8 Å². The number of ether oxygens (including phenoxy) is 1. The summed E-state index contributed by atoms with van der Waals surface area (Å²) in [4.78, 5) is 23.4. The maximum atomic E-state index is 14.9. The highest BCUT2D eigenvalue weighted by molar-refractivity contribution is 6.30. The number of hydrogen-bond donors (Lipinski definition) is 1. The Balaban J connectivity index is 1.33. The van der Waals surface area contributed by atoms with E-state index in [1.165, 1.54) is 46.9 Å². The van der Waals surface area contributed by atoms with Gasteiger partial charge in [-0.05, 0) is 29.5 Å². The molecule has 1 aromatic carbocycles. The highest BCUT2D eigenvalue weighted by Crippen LogP contribution is 2.34. The first-order valence-electron chi connectivity index (χ1n) is 12.6. The van der Waals surface area contributed by atoms with Crippen molar-refractivity contribution in [1.29, 1.82) is 0 Å². The lowest BCUT2D eigenvalue weighted by molar-refractivity contribution is -0.0138. The average Bonchev–Trinajstić information content (AvgIpc) is 3.66. The number of alkyl halides is 2. The lowest BCUT2D eigenvalue weighted by Crippen LogP contribution is -2.27. The van der Waals surface area contributed by atoms with Gasteiger partial charge in [0.25, 0.3) is 11.8 Å². The van der Waals surface area contributed by atoms with Crippen molar-refractivity contribution in [2.75, 3.05) is 25.1 Å². The number of halogens is 4. The van der Waals surface area contributed by atoms with E-state index >= 15 is 0 Å². The van der Waals surface area contributed by atoms with Gasteiger partial charge in [0.15, 0.2) is 0 Å². The largest absolute Gasteiger partial charge is 0.378 e. The van der Waals surface area contributed by atoms with Gasteiger partial charge in [0, 0.05) is 55.3 Å². The smallest absolute Gasteiger partial charge is 0.269 e. The van der Waals surface area contributed by atoms with Crippen LogP contribution in [-0.4, -0.2) is 72.0 Å². The predicted molar refractivity (Wildman–Crippen MR) is 140 cm³/mol. The van der Waals surface area contributed by atoms with Crippen molar-refractivity contribution >= 4 is 23.5 Å². The van der Waals surface area contributed by atoms with Crippen LogP contribution in [0.25, 0.3) is 5.69 Å². The molecular formula is C25H26ClF3N10O2. The summed E-state index contributed by atoms with van der Waals surface area (Å²) in [6.45, 7) is 3.06. The summed E-state index contributed by atoms with van der Waals surface area (Å²) in [5, 5.41) is 18.0. The number of methoxy groups -OCH3 is 1. The molecule has 41 heavy (non-hydrogen) atoms. The molecule has 1 fully saturated rings. The molecule has 0 aliphatic carbocycles. The molecule has 12 nitrogen and oxygen atoms in total. The maximum absolute atomic E-state index is 14.9. The number of anilines is 1. The average molecular weight is 591 g/mol. The minimum atomic E-state index is -2.80. The van der Waals surface area contributed by atoms with Gasteiger partial charge in [-0.15, -0.1) is 5.10 Å². The third kappa shape index (κ3) is 5.86. The molecule has 216 valence electrons. The van der Waals surface area contributed by atoms with Gasteiger partial charge in [0.05, 0.1) is 36.0 Å². The van der Waals surface area contributed by atoms with Gasteiger partial charge < -0.3 is 15.0 Å². The van der Waals surface area contributed by atoms with E-state index in [-0.39, 0.29) is 48.3 Å². The Hall–Kier alpha value is -4.11. The zero-order chi connectivity index (χ0) is 29.3. The molecule has 0 saturated carbocycles. The number of rotatable bonds is 9. The number of aryl methyl sites for hydroxylation is 1. The Morgan fingerprint density at radius 1 is 1.32 bits per heavy atom. The highest BCUT2D eigenvalue weighted by atomic mass is 35.5. The van der Waals surface area contributed by atoms with Crippen molar-refractivity contribution in [3.63, 3.8) is 0 Å². The van der Waals surface area contributed by atoms with Crippen LogP contribution in [0, 0.1) is 18.7 Å². The normalized spacial score (nSPS) is 16.4. The molecule has 4 aromatic rings. The maximum Gasteiger partial charge on any atom is 0.269 e. The minimum Gasteiger partial charge on any atom is -0.378 e. The molecule has 0 radical (unpaired) electrons. The molecule has 1 N–H and O–H groups in total. The molecule has 1 unspecified atom stereocenters. The number of nitrogens with zero attached hydrogens (tertiary/aromatic N) is 9. The van der Waals surface area contributed by atoms with Crippen molar-refractivity contribution in [1.82, 2.24) is 45.3 Å². The predicted octanol–water partition coefficient (Wildman–Crippen LogP) is 2.97. The fourth-order valence-corrected chi connectivity index (χ4v) is 4.71. The first kappa shape index (κ1) is 28.4. The molecule has 5 rings (SSSR count). The van der Waals surface area contributed by atoms with Crippen molar-refractivity contribution < 1.29 is 22.7 Å². The van der Waals surface area contributed by atoms with Crippen molar-refractivity contribution in [3.8, 4) is 5.69 Å². The molecule has 1 saturated heterocycles. The van der Waals surface area contributed by atoms with E-state index in [1.807, 2.05) is 0 Å². The van der Waals surface area contributed by atoms with Gasteiger partial charge in [-0.1, -0.05) is 18.5 Å². The molecule has 3 aromatic heterocycles. The Labute approximate surface area is 237 Å². The fraction of sp³-hybridized carbons (Fsp3) is 0.400. The van der Waals surface area contributed by atoms with Crippen LogP contribution >= 0.6 is 11.6 Å². The zero-order valence-electron chi connectivity index (χ0n) is 22.4. The Kier molecular flexibility index (Phi) is 7.91. The first-order chi connectivity index (χ1) is 19.6. The fourth-order valence-electron chi connectivity index (χ4n) is 4.53. The second-order valence-electron chi connectivity index (χ2n) is 9.74. The summed E-state index contributed by atoms with van der Waals surface area (Å²) in [6.07, 6.45) is 4.41. The standard InChI is InChI=1S/C25H26ClF3N10O2/c1-14-8-37(12-25(14,28)29)24-31-6-16(15(2)33-24)9-38-10-18(20(34-38)11-41-3)23(40)30-7-17-21(39-13-32-35-36-39)5-4-19(26)22(17)27/h4-6,10,13-14H,7-9,11-12H2,1-3H3,(H,30,40). The molecule has 1 aliphatic heterocycles. The third-order valence-electron chi connectivity index (χ3n) is 6.86. The van der Waals surface area contributed by atoms with E-state index in [0.717, 1.165) is 0 Å². The quantitative estimate of drug-likeness (QED) is 0.313. The van der Waals surface area contributed by atoms with Crippen LogP contribution in [0.3, 0.4) is 0 Å². The molecule has 0 spiro atoms. The minimum absolute atomic E-state index is 0.0485. The number of amides is 1. The van der Waals surface area contributed by atoms with E-state index < -0.39 is 30.1 Å². The number of carbonyl (C=O) groups excluding carboxylic acids is 1. The van der Waals surface area contributed by atoms with Crippen molar-refractivity contribution in [2.45, 2.75) is 39.5 Å². The van der Waals surface area contributed by atoms with Gasteiger partial charge >= 0.3 is 0 Å². The van der Waals surface area contributed by atoms with E-state index in [2.05, 4.69) is 35.9 Å². The SMILES string of the molecule is COCc1nn(Cc2cnc(N3CC(C)C(F)(F)C3)nc2C)cc1C(=O)NCc1c(-n2cnnn2)ccc(Cl)c1F. The van der Waals surface area contributed by atoms with E-state index in [9.17, 15) is 18.0 Å². The van der Waals surface area contributed by atoms with E-state index in [0.29, 0.717) is 22.6 Å². The molecule has 0 bridgehead atoms. The summed E-state index contributed by atoms with van der Waals surface area (Å²) in [7, 11) is 1.47. The van der Waals surface area contributed by atoms with E-state index in [1.54, 1.807) is 19.2 Å². The molecule has 1 aliphatic rings. The van der Waals surface area contributed by atoms with Crippen LogP contribution in [0.5, 0.6) is 0 Å². The van der Waals surface area contributed by atoms with Crippen molar-refractivity contribution in [2.24, 2.45) is 5.92 Å². The van der Waals surface area contributed by atoms with Gasteiger partial charge in [0.1, 0.15) is 17.8 Å².